The van der Waals surface area contributed by atoms with E-state index < -0.39 is 0 Å². The molecule has 1 fully saturated rings. The lowest BCUT2D eigenvalue weighted by atomic mass is 10.4. The second-order valence-electron chi connectivity index (χ2n) is 3.11. The van der Waals surface area contributed by atoms with Crippen LogP contribution in [0.3, 0.4) is 0 Å². The smallest absolute Gasteiger partial charge is 0.167 e. The molecule has 1 aliphatic rings. The summed E-state index contributed by atoms with van der Waals surface area (Å²) in [6.07, 6.45) is 1.45. The first-order chi connectivity index (χ1) is 7.25. The van der Waals surface area contributed by atoms with Crippen molar-refractivity contribution in [2.75, 3.05) is 23.9 Å². The second-order valence-corrected chi connectivity index (χ2v) is 6.69. The summed E-state index contributed by atoms with van der Waals surface area (Å²) < 4.78 is 13.1. The number of halogens is 1. The molecule has 86 valence electrons. The fourth-order valence-electron chi connectivity index (χ4n) is 1.12. The molecule has 0 atom stereocenters. The van der Waals surface area contributed by atoms with Crippen LogP contribution in [0.1, 0.15) is 19.8 Å². The Morgan fingerprint density at radius 3 is 2.60 bits per heavy atom. The molecule has 0 unspecified atom stereocenters. The first kappa shape index (κ1) is 13.5. The maximum Gasteiger partial charge on any atom is 0.167 e. The SMILES string of the molecule is CC(=O)C(SCCCCF)=C1SCCS1. The van der Waals surface area contributed by atoms with E-state index in [2.05, 4.69) is 0 Å². The molecule has 5 heteroatoms. The van der Waals surface area contributed by atoms with Crippen molar-refractivity contribution in [2.24, 2.45) is 0 Å². The highest BCUT2D eigenvalue weighted by molar-refractivity contribution is 8.26. The predicted octanol–water partition coefficient (Wildman–Crippen LogP) is 3.71. The zero-order valence-electron chi connectivity index (χ0n) is 8.75. The third-order valence-electron chi connectivity index (χ3n) is 1.83. The summed E-state index contributed by atoms with van der Waals surface area (Å²) in [6.45, 7) is 1.36. The first-order valence-corrected chi connectivity index (χ1v) is 7.91. The summed E-state index contributed by atoms with van der Waals surface area (Å²) >= 11 is 5.13. The number of thioether (sulfide) groups is 3. The van der Waals surface area contributed by atoms with Crippen LogP contribution >= 0.6 is 35.3 Å². The van der Waals surface area contributed by atoms with Crippen molar-refractivity contribution in [3.05, 3.63) is 9.14 Å². The standard InChI is InChI=1S/C10H15FOS3/c1-8(12)9(10-14-6-7-15-10)13-5-3-2-4-11/h2-7H2,1H3. The molecule has 0 aliphatic carbocycles. The number of ketones is 1. The van der Waals surface area contributed by atoms with E-state index in [0.717, 1.165) is 28.6 Å². The van der Waals surface area contributed by atoms with Gasteiger partial charge in [0.1, 0.15) is 0 Å². The number of alkyl halides is 1. The van der Waals surface area contributed by atoms with Gasteiger partial charge in [-0.2, -0.15) is 0 Å². The van der Waals surface area contributed by atoms with Crippen molar-refractivity contribution in [2.45, 2.75) is 19.8 Å². The van der Waals surface area contributed by atoms with E-state index in [9.17, 15) is 9.18 Å². The summed E-state index contributed by atoms with van der Waals surface area (Å²) in [4.78, 5) is 12.3. The second kappa shape index (κ2) is 7.63. The van der Waals surface area contributed by atoms with Crippen molar-refractivity contribution in [1.29, 1.82) is 0 Å². The Hall–Kier alpha value is 0.390. The minimum absolute atomic E-state index is 0.150. The van der Waals surface area contributed by atoms with Gasteiger partial charge in [-0.1, -0.05) is 0 Å². The van der Waals surface area contributed by atoms with Crippen LogP contribution in [-0.4, -0.2) is 29.7 Å². The third-order valence-corrected chi connectivity index (χ3v) is 6.08. The third kappa shape index (κ3) is 4.83. The zero-order chi connectivity index (χ0) is 11.1. The van der Waals surface area contributed by atoms with Gasteiger partial charge in [0.05, 0.1) is 15.8 Å². The van der Waals surface area contributed by atoms with Gasteiger partial charge < -0.3 is 0 Å². The predicted molar refractivity (Wildman–Crippen MR) is 70.3 cm³/mol. The van der Waals surface area contributed by atoms with Crippen LogP contribution in [-0.2, 0) is 4.79 Å². The summed E-state index contributed by atoms with van der Waals surface area (Å²) in [7, 11) is 0. The number of Topliss-reactive ketones (excluding diaryl/α,β-unsaturated/α-hetero) is 1. The highest BCUT2D eigenvalue weighted by atomic mass is 32.2. The van der Waals surface area contributed by atoms with Crippen LogP contribution in [0, 0.1) is 0 Å². The monoisotopic (exact) mass is 266 g/mol. The van der Waals surface area contributed by atoms with Gasteiger partial charge >= 0.3 is 0 Å². The van der Waals surface area contributed by atoms with Gasteiger partial charge in [0.15, 0.2) is 5.78 Å². The summed E-state index contributed by atoms with van der Waals surface area (Å²) in [5.41, 5.74) is 0. The van der Waals surface area contributed by atoms with Gasteiger partial charge in [-0.15, -0.1) is 35.3 Å². The fourth-order valence-corrected chi connectivity index (χ4v) is 5.12. The van der Waals surface area contributed by atoms with Gasteiger partial charge in [0.2, 0.25) is 0 Å². The molecule has 1 nitrogen and oxygen atoms in total. The Morgan fingerprint density at radius 2 is 2.07 bits per heavy atom. The van der Waals surface area contributed by atoms with E-state index >= 15 is 0 Å². The van der Waals surface area contributed by atoms with Gasteiger partial charge in [-0.05, 0) is 25.5 Å². The average molecular weight is 266 g/mol. The van der Waals surface area contributed by atoms with Crippen molar-refractivity contribution >= 4 is 41.1 Å². The quantitative estimate of drug-likeness (QED) is 0.538. The number of carbonyl (C=O) groups is 1. The molecule has 0 bridgehead atoms. The van der Waals surface area contributed by atoms with E-state index in [1.807, 2.05) is 0 Å². The van der Waals surface area contributed by atoms with Gasteiger partial charge in [0, 0.05) is 11.5 Å². The van der Waals surface area contributed by atoms with E-state index in [4.69, 9.17) is 0 Å². The Kier molecular flexibility index (Phi) is 6.84. The van der Waals surface area contributed by atoms with E-state index in [1.54, 1.807) is 42.2 Å². The Morgan fingerprint density at radius 1 is 1.40 bits per heavy atom. The molecule has 0 spiro atoms. The number of unbranched alkanes of at least 4 members (excludes halogenated alkanes) is 1. The summed E-state index contributed by atoms with van der Waals surface area (Å²) in [5, 5.41) is 0. The molecule has 0 aromatic carbocycles. The number of hydrogen-bond donors (Lipinski definition) is 0. The molecular formula is C10H15FOS3. The molecule has 0 amide bonds. The van der Waals surface area contributed by atoms with Crippen LogP contribution < -0.4 is 0 Å². The van der Waals surface area contributed by atoms with Crippen LogP contribution in [0.25, 0.3) is 0 Å². The van der Waals surface area contributed by atoms with Gasteiger partial charge in [0.25, 0.3) is 0 Å². The molecule has 0 radical (unpaired) electrons. The van der Waals surface area contributed by atoms with Crippen molar-refractivity contribution < 1.29 is 9.18 Å². The van der Waals surface area contributed by atoms with E-state index in [0.29, 0.717) is 6.42 Å². The van der Waals surface area contributed by atoms with Crippen LogP contribution in [0.5, 0.6) is 0 Å². The van der Waals surface area contributed by atoms with Crippen LogP contribution in [0.4, 0.5) is 4.39 Å². The lowest BCUT2D eigenvalue weighted by Crippen LogP contribution is -1.95. The highest BCUT2D eigenvalue weighted by Gasteiger charge is 2.17. The maximum absolute atomic E-state index is 11.9. The number of rotatable bonds is 6. The van der Waals surface area contributed by atoms with Gasteiger partial charge in [-0.3, -0.25) is 9.18 Å². The average Bonchev–Trinajstić information content (AvgIpc) is 2.70. The van der Waals surface area contributed by atoms with Crippen LogP contribution in [0.2, 0.25) is 0 Å². The largest absolute Gasteiger partial charge is 0.294 e. The van der Waals surface area contributed by atoms with E-state index in [1.165, 1.54) is 4.24 Å². The van der Waals surface area contributed by atoms with Gasteiger partial charge in [-0.25, -0.2) is 0 Å². The molecule has 1 saturated heterocycles. The Labute approximate surface area is 103 Å². The molecule has 1 rings (SSSR count). The molecule has 15 heavy (non-hydrogen) atoms. The topological polar surface area (TPSA) is 17.1 Å². The molecule has 0 saturated carbocycles. The number of hydrogen-bond acceptors (Lipinski definition) is 4. The highest BCUT2D eigenvalue weighted by Crippen LogP contribution is 2.42. The lowest BCUT2D eigenvalue weighted by molar-refractivity contribution is -0.112. The summed E-state index contributed by atoms with van der Waals surface area (Å²) in [6, 6.07) is 0. The molecule has 0 N–H and O–H groups in total. The molecular weight excluding hydrogens is 251 g/mol. The minimum Gasteiger partial charge on any atom is -0.294 e. The van der Waals surface area contributed by atoms with Crippen molar-refractivity contribution in [3.63, 3.8) is 0 Å². The Bertz CT molecular complexity index is 245. The minimum atomic E-state index is -0.254. The van der Waals surface area contributed by atoms with E-state index in [-0.39, 0.29) is 12.5 Å². The molecule has 1 aliphatic heterocycles. The molecule has 0 aromatic heterocycles. The number of carbonyl (C=O) groups excluding carboxylic acids is 1. The molecule has 1 heterocycles. The number of allylic oxidation sites excluding steroid dienone is 1. The lowest BCUT2D eigenvalue weighted by Gasteiger charge is -2.05. The summed E-state index contributed by atoms with van der Waals surface area (Å²) in [5.74, 6) is 3.20. The molecule has 0 aromatic rings. The zero-order valence-corrected chi connectivity index (χ0v) is 11.2. The maximum atomic E-state index is 11.9. The fraction of sp³-hybridized carbons (Fsp3) is 0.700. The van der Waals surface area contributed by atoms with Crippen LogP contribution in [0.15, 0.2) is 9.14 Å². The van der Waals surface area contributed by atoms with Crippen molar-refractivity contribution in [1.82, 2.24) is 0 Å². The Balaban J connectivity index is 2.44. The first-order valence-electron chi connectivity index (χ1n) is 4.95. The normalized spacial score (nSPS) is 15.7. The van der Waals surface area contributed by atoms with Crippen molar-refractivity contribution in [3.8, 4) is 0 Å².